The summed E-state index contributed by atoms with van der Waals surface area (Å²) in [6, 6.07) is 4.94. The van der Waals surface area contributed by atoms with Crippen molar-refractivity contribution in [3.8, 4) is 0 Å². The van der Waals surface area contributed by atoms with Crippen LogP contribution in [0.1, 0.15) is 18.4 Å². The minimum atomic E-state index is -0.222. The third kappa shape index (κ3) is 4.26. The minimum absolute atomic E-state index is 0.0717. The van der Waals surface area contributed by atoms with Crippen LogP contribution in [0, 0.1) is 5.82 Å². The Hall–Kier alpha value is -1.18. The first-order chi connectivity index (χ1) is 11.7. The molecule has 0 amide bonds. The molecule has 0 aromatic heterocycles. The number of hydrogen-bond acceptors (Lipinski definition) is 3. The van der Waals surface area contributed by atoms with E-state index in [0.29, 0.717) is 18.7 Å². The van der Waals surface area contributed by atoms with Gasteiger partial charge in [0.2, 0.25) is 0 Å². The summed E-state index contributed by atoms with van der Waals surface area (Å²) in [6.07, 6.45) is 2.39. The molecule has 0 saturated carbocycles. The zero-order valence-electron chi connectivity index (χ0n) is 13.8. The van der Waals surface area contributed by atoms with Crippen molar-refractivity contribution in [1.82, 2.24) is 10.2 Å². The number of ether oxygens (including phenoxy) is 2. The van der Waals surface area contributed by atoms with Gasteiger partial charge in [-0.3, -0.25) is 4.99 Å². The van der Waals surface area contributed by atoms with Gasteiger partial charge in [-0.15, -0.1) is 0 Å². The van der Waals surface area contributed by atoms with E-state index in [4.69, 9.17) is 9.47 Å². The summed E-state index contributed by atoms with van der Waals surface area (Å²) in [6.45, 7) is 3.37. The van der Waals surface area contributed by atoms with Gasteiger partial charge in [0.05, 0.1) is 12.7 Å². The van der Waals surface area contributed by atoms with Crippen LogP contribution in [0.4, 0.5) is 4.39 Å². The predicted molar refractivity (Wildman–Crippen MR) is 94.6 cm³/mol. The van der Waals surface area contributed by atoms with Crippen molar-refractivity contribution in [2.24, 2.45) is 4.99 Å². The molecule has 2 atom stereocenters. The summed E-state index contributed by atoms with van der Waals surface area (Å²) in [5.74, 6) is 0.543. The van der Waals surface area contributed by atoms with Crippen LogP contribution >= 0.6 is 15.9 Å². The molecule has 2 fully saturated rings. The Labute approximate surface area is 150 Å². The highest BCUT2D eigenvalue weighted by Gasteiger charge is 2.32. The van der Waals surface area contributed by atoms with Gasteiger partial charge in [-0.25, -0.2) is 4.39 Å². The molecule has 132 valence electrons. The SMILES string of the molecule is CN=C(NCc1cc(Br)ccc1F)N1CCOC(C2CCCO2)C1. The van der Waals surface area contributed by atoms with E-state index in [1.54, 1.807) is 19.2 Å². The van der Waals surface area contributed by atoms with Crippen molar-refractivity contribution in [3.63, 3.8) is 0 Å². The Balaban J connectivity index is 1.60. The van der Waals surface area contributed by atoms with E-state index in [2.05, 4.69) is 31.1 Å². The second-order valence-electron chi connectivity index (χ2n) is 6.04. The lowest BCUT2D eigenvalue weighted by Crippen LogP contribution is -2.53. The largest absolute Gasteiger partial charge is 0.375 e. The standard InChI is InChI=1S/C17H23BrFN3O2/c1-20-17(21-10-12-9-13(18)4-5-14(12)19)22-6-8-24-16(11-22)15-3-2-7-23-15/h4-5,9,15-16H,2-3,6-8,10-11H2,1H3,(H,20,21). The molecule has 2 aliphatic rings. The maximum atomic E-state index is 13.9. The lowest BCUT2D eigenvalue weighted by Gasteiger charge is -2.37. The Morgan fingerprint density at radius 2 is 2.21 bits per heavy atom. The highest BCUT2D eigenvalue weighted by Crippen LogP contribution is 2.21. The summed E-state index contributed by atoms with van der Waals surface area (Å²) in [5.41, 5.74) is 0.606. The zero-order chi connectivity index (χ0) is 16.9. The number of benzene rings is 1. The van der Waals surface area contributed by atoms with Crippen LogP contribution in [-0.2, 0) is 16.0 Å². The maximum Gasteiger partial charge on any atom is 0.194 e. The van der Waals surface area contributed by atoms with Gasteiger partial charge in [0.15, 0.2) is 5.96 Å². The smallest absolute Gasteiger partial charge is 0.194 e. The molecule has 0 aliphatic carbocycles. The van der Waals surface area contributed by atoms with Crippen LogP contribution < -0.4 is 5.32 Å². The van der Waals surface area contributed by atoms with E-state index >= 15 is 0 Å². The molecule has 3 rings (SSSR count). The van der Waals surface area contributed by atoms with E-state index < -0.39 is 0 Å². The highest BCUT2D eigenvalue weighted by atomic mass is 79.9. The lowest BCUT2D eigenvalue weighted by molar-refractivity contribution is -0.0817. The van der Waals surface area contributed by atoms with Gasteiger partial charge >= 0.3 is 0 Å². The molecular weight excluding hydrogens is 377 g/mol. The fourth-order valence-electron chi connectivity index (χ4n) is 3.17. The molecule has 5 nitrogen and oxygen atoms in total. The van der Waals surface area contributed by atoms with Crippen LogP contribution in [0.15, 0.2) is 27.7 Å². The molecule has 2 heterocycles. The molecule has 7 heteroatoms. The molecule has 1 aromatic rings. The fraction of sp³-hybridized carbons (Fsp3) is 0.588. The van der Waals surface area contributed by atoms with Crippen molar-refractivity contribution < 1.29 is 13.9 Å². The monoisotopic (exact) mass is 399 g/mol. The van der Waals surface area contributed by atoms with Crippen molar-refractivity contribution in [2.45, 2.75) is 31.6 Å². The number of nitrogens with zero attached hydrogens (tertiary/aromatic N) is 2. The summed E-state index contributed by atoms with van der Waals surface area (Å²) < 4.78 is 26.4. The van der Waals surface area contributed by atoms with Crippen LogP contribution in [0.5, 0.6) is 0 Å². The predicted octanol–water partition coefficient (Wildman–Crippen LogP) is 2.54. The van der Waals surface area contributed by atoms with Crippen molar-refractivity contribution in [2.75, 3.05) is 33.4 Å². The minimum Gasteiger partial charge on any atom is -0.375 e. The van der Waals surface area contributed by atoms with Gasteiger partial charge < -0.3 is 19.7 Å². The average Bonchev–Trinajstić information content (AvgIpc) is 3.13. The number of halogens is 2. The van der Waals surface area contributed by atoms with Crippen molar-refractivity contribution >= 4 is 21.9 Å². The van der Waals surface area contributed by atoms with E-state index in [9.17, 15) is 4.39 Å². The molecular formula is C17H23BrFN3O2. The van der Waals surface area contributed by atoms with Crippen molar-refractivity contribution in [1.29, 1.82) is 0 Å². The van der Waals surface area contributed by atoms with Gasteiger partial charge in [-0.05, 0) is 31.0 Å². The molecule has 24 heavy (non-hydrogen) atoms. The molecule has 2 unspecified atom stereocenters. The first-order valence-electron chi connectivity index (χ1n) is 8.30. The van der Waals surface area contributed by atoms with E-state index in [0.717, 1.165) is 43.0 Å². The van der Waals surface area contributed by atoms with Gasteiger partial charge in [0.25, 0.3) is 0 Å². The second-order valence-corrected chi connectivity index (χ2v) is 6.96. The van der Waals surface area contributed by atoms with Crippen LogP contribution in [0.2, 0.25) is 0 Å². The molecule has 0 bridgehead atoms. The van der Waals surface area contributed by atoms with Gasteiger partial charge in [-0.2, -0.15) is 0 Å². The number of hydrogen-bond donors (Lipinski definition) is 1. The Morgan fingerprint density at radius 3 is 2.96 bits per heavy atom. The fourth-order valence-corrected chi connectivity index (χ4v) is 3.58. The number of guanidine groups is 1. The molecule has 1 aromatic carbocycles. The van der Waals surface area contributed by atoms with E-state index in [1.807, 2.05) is 0 Å². The number of rotatable bonds is 3. The number of nitrogens with one attached hydrogen (secondary N) is 1. The zero-order valence-corrected chi connectivity index (χ0v) is 15.4. The molecule has 0 spiro atoms. The first-order valence-corrected chi connectivity index (χ1v) is 9.09. The third-order valence-electron chi connectivity index (χ3n) is 4.43. The first kappa shape index (κ1) is 17.6. The third-order valence-corrected chi connectivity index (χ3v) is 4.92. The van der Waals surface area contributed by atoms with Gasteiger partial charge in [0.1, 0.15) is 11.9 Å². The quantitative estimate of drug-likeness (QED) is 0.626. The highest BCUT2D eigenvalue weighted by molar-refractivity contribution is 9.10. The second kappa shape index (κ2) is 8.27. The Bertz CT molecular complexity index is 593. The van der Waals surface area contributed by atoms with Crippen molar-refractivity contribution in [3.05, 3.63) is 34.1 Å². The van der Waals surface area contributed by atoms with Crippen LogP contribution in [-0.4, -0.2) is 56.4 Å². The van der Waals surface area contributed by atoms with E-state index in [1.165, 1.54) is 6.07 Å². The summed E-state index contributed by atoms with van der Waals surface area (Å²) in [5, 5.41) is 3.25. The lowest BCUT2D eigenvalue weighted by atomic mass is 10.1. The molecule has 0 radical (unpaired) electrons. The molecule has 2 aliphatic heterocycles. The average molecular weight is 400 g/mol. The van der Waals surface area contributed by atoms with Gasteiger partial charge in [-0.1, -0.05) is 15.9 Å². The molecule has 1 N–H and O–H groups in total. The Kier molecular flexibility index (Phi) is 6.08. The van der Waals surface area contributed by atoms with Gasteiger partial charge in [0, 0.05) is 43.3 Å². The van der Waals surface area contributed by atoms with E-state index in [-0.39, 0.29) is 18.0 Å². The normalized spacial score (nSPS) is 25.1. The summed E-state index contributed by atoms with van der Waals surface area (Å²) >= 11 is 3.38. The number of morpholine rings is 1. The summed E-state index contributed by atoms with van der Waals surface area (Å²) in [7, 11) is 1.75. The Morgan fingerprint density at radius 1 is 1.38 bits per heavy atom. The summed E-state index contributed by atoms with van der Waals surface area (Å²) in [4.78, 5) is 6.50. The maximum absolute atomic E-state index is 13.9. The van der Waals surface area contributed by atoms with Crippen LogP contribution in [0.25, 0.3) is 0 Å². The molecule has 2 saturated heterocycles. The topological polar surface area (TPSA) is 46.1 Å². The number of aliphatic imine (C=N–C) groups is 1. The van der Waals surface area contributed by atoms with Crippen LogP contribution in [0.3, 0.4) is 0 Å².